The lowest BCUT2D eigenvalue weighted by molar-refractivity contribution is 0.0929. The predicted octanol–water partition coefficient (Wildman–Crippen LogP) is 6.92. The van der Waals surface area contributed by atoms with Gasteiger partial charge in [-0.2, -0.15) is 0 Å². The molecule has 0 saturated heterocycles. The largest absolute Gasteiger partial charge is 0.493 e. The summed E-state index contributed by atoms with van der Waals surface area (Å²) in [7, 11) is -0.931. The maximum atomic E-state index is 14.4. The van der Waals surface area contributed by atoms with E-state index in [2.05, 4.69) is 56.4 Å². The number of methoxy groups -OCH3 is 1. The molecule has 1 unspecified atom stereocenters. The second-order valence-corrected chi connectivity index (χ2v) is 17.0. The van der Waals surface area contributed by atoms with Crippen LogP contribution in [0.25, 0.3) is 0 Å². The zero-order valence-corrected chi connectivity index (χ0v) is 26.7. The van der Waals surface area contributed by atoms with Crippen LogP contribution in [0, 0.1) is 0 Å². The van der Waals surface area contributed by atoms with Gasteiger partial charge in [-0.05, 0) is 48.7 Å². The lowest BCUT2D eigenvalue weighted by Crippen LogP contribution is -2.59. The summed E-state index contributed by atoms with van der Waals surface area (Å²) in [6, 6.07) is 10.7. The van der Waals surface area contributed by atoms with Crippen molar-refractivity contribution in [3.8, 4) is 11.5 Å². The van der Waals surface area contributed by atoms with Gasteiger partial charge in [-0.15, -0.1) is 0 Å². The van der Waals surface area contributed by atoms with Gasteiger partial charge in [-0.1, -0.05) is 67.6 Å². The third-order valence-electron chi connectivity index (χ3n) is 7.86. The second-order valence-electron chi connectivity index (χ2n) is 11.5. The lowest BCUT2D eigenvalue weighted by Gasteiger charge is -2.44. The lowest BCUT2D eigenvalue weighted by atomic mass is 10.1. The van der Waals surface area contributed by atoms with Crippen LogP contribution in [0.2, 0.25) is 18.1 Å². The van der Waals surface area contributed by atoms with E-state index in [1.54, 1.807) is 17.0 Å². The Bertz CT molecular complexity index is 1280. The van der Waals surface area contributed by atoms with Crippen LogP contribution in [0.15, 0.2) is 49.1 Å². The van der Waals surface area contributed by atoms with Gasteiger partial charge < -0.3 is 23.5 Å². The number of amides is 2. The topological polar surface area (TPSA) is 77.5 Å². The summed E-state index contributed by atoms with van der Waals surface area (Å²) in [4.78, 5) is 31.6. The van der Waals surface area contributed by atoms with Gasteiger partial charge in [0.25, 0.3) is 5.91 Å². The molecular weight excluding hydrogens is 592 g/mol. The summed E-state index contributed by atoms with van der Waals surface area (Å²) >= 11 is 3.43. The summed E-state index contributed by atoms with van der Waals surface area (Å²) in [5.74, 6) is 0.608. The van der Waals surface area contributed by atoms with Crippen LogP contribution in [0.3, 0.4) is 0 Å². The number of carbonyl (C=O) groups excluding carboxylic acids is 2. The van der Waals surface area contributed by atoms with Crippen molar-refractivity contribution in [2.75, 3.05) is 35.5 Å². The molecule has 2 aromatic carbocycles. The number of nitrogens with zero attached hydrogens (tertiary/aromatic N) is 2. The Morgan fingerprint density at radius 3 is 2.55 bits per heavy atom. The Balaban J connectivity index is 1.97. The van der Waals surface area contributed by atoms with Crippen LogP contribution in [0.1, 0.15) is 43.1 Å². The van der Waals surface area contributed by atoms with Gasteiger partial charge in [-0.3, -0.25) is 4.79 Å². The number of rotatable bonds is 9. The Hall–Kier alpha value is -2.82. The van der Waals surface area contributed by atoms with E-state index in [0.717, 1.165) is 23.0 Å². The number of hydrogen-bond acceptors (Lipinski definition) is 6. The summed E-state index contributed by atoms with van der Waals surface area (Å²) in [5.41, 5.74) is 2.51. The molecule has 4 rings (SSSR count). The van der Waals surface area contributed by atoms with E-state index < -0.39 is 26.7 Å². The minimum absolute atomic E-state index is 0.0186. The van der Waals surface area contributed by atoms with E-state index in [0.29, 0.717) is 35.8 Å². The first-order valence-electron chi connectivity index (χ1n) is 13.5. The Labute approximate surface area is 246 Å². The average Bonchev–Trinajstić information content (AvgIpc) is 3.26. The number of hydrogen-bond donors (Lipinski definition) is 0. The molecule has 2 atom stereocenters. The minimum atomic E-state index is -2.47. The molecule has 0 N–H and O–H groups in total. The fourth-order valence-electron chi connectivity index (χ4n) is 4.78. The van der Waals surface area contributed by atoms with Crippen LogP contribution in [-0.2, 0) is 15.6 Å². The van der Waals surface area contributed by atoms with E-state index in [1.165, 1.54) is 18.1 Å². The first-order valence-corrected chi connectivity index (χ1v) is 17.5. The fraction of sp³-hybridized carbons (Fsp3) is 0.467. The van der Waals surface area contributed by atoms with Gasteiger partial charge in [0.2, 0.25) is 0 Å². The standard InChI is InChI=1S/C30H39BrN2O6Si/c1-8-15-38-29(35)33-23-19-26(37-16-11-14-31)25(36-5)18-21(23)27(34)32-22-13-10-9-12-20(22)17-24(32)28(33)39-40(6,7)30(2,3)4/h8-10,12-13,18-19,24,28H,1,11,14-17H2,2-7H3/t24-,28?/m0/s1. The molecule has 2 aromatic rings. The summed E-state index contributed by atoms with van der Waals surface area (Å²) in [6.07, 6.45) is 1.40. The highest BCUT2D eigenvalue weighted by Gasteiger charge is 2.52. The number of anilines is 2. The molecule has 0 spiro atoms. The maximum absolute atomic E-state index is 14.4. The molecule has 2 amide bonds. The number of fused-ring (bicyclic) bond motifs is 4. The van der Waals surface area contributed by atoms with Gasteiger partial charge >= 0.3 is 6.09 Å². The maximum Gasteiger partial charge on any atom is 0.416 e. The summed E-state index contributed by atoms with van der Waals surface area (Å²) in [6.45, 7) is 14.9. The van der Waals surface area contributed by atoms with E-state index in [4.69, 9.17) is 18.6 Å². The zero-order chi connectivity index (χ0) is 29.2. The molecule has 40 heavy (non-hydrogen) atoms. The van der Waals surface area contributed by atoms with Gasteiger partial charge in [-0.25, -0.2) is 9.69 Å². The van der Waals surface area contributed by atoms with Gasteiger partial charge in [0.15, 0.2) is 26.0 Å². The van der Waals surface area contributed by atoms with Crippen molar-refractivity contribution in [2.45, 2.75) is 64.0 Å². The van der Waals surface area contributed by atoms with Gasteiger partial charge in [0.1, 0.15) is 6.61 Å². The van der Waals surface area contributed by atoms with E-state index in [-0.39, 0.29) is 17.6 Å². The van der Waals surface area contributed by atoms with Crippen LogP contribution in [0.4, 0.5) is 16.2 Å². The number of carbonyl (C=O) groups is 2. The molecule has 0 aliphatic carbocycles. The molecule has 0 saturated carbocycles. The van der Waals surface area contributed by atoms with Crippen LogP contribution in [0.5, 0.6) is 11.5 Å². The van der Waals surface area contributed by atoms with E-state index >= 15 is 0 Å². The molecule has 2 aliphatic rings. The Morgan fingerprint density at radius 1 is 1.18 bits per heavy atom. The molecule has 0 bridgehead atoms. The van der Waals surface area contributed by atoms with Crippen LogP contribution < -0.4 is 19.3 Å². The molecule has 2 heterocycles. The minimum Gasteiger partial charge on any atom is -0.493 e. The molecule has 0 aromatic heterocycles. The molecular formula is C30H39BrN2O6Si. The highest BCUT2D eigenvalue weighted by Crippen LogP contribution is 2.47. The predicted molar refractivity (Wildman–Crippen MR) is 164 cm³/mol. The number of ether oxygens (including phenoxy) is 3. The highest BCUT2D eigenvalue weighted by molar-refractivity contribution is 9.09. The van der Waals surface area contributed by atoms with Crippen LogP contribution >= 0.6 is 15.9 Å². The molecule has 2 aliphatic heterocycles. The van der Waals surface area contributed by atoms with Crippen molar-refractivity contribution in [1.29, 1.82) is 0 Å². The Kier molecular flexibility index (Phi) is 9.01. The van der Waals surface area contributed by atoms with Crippen molar-refractivity contribution < 1.29 is 28.2 Å². The number of benzene rings is 2. The second kappa shape index (κ2) is 12.0. The normalized spacial score (nSPS) is 18.4. The number of para-hydroxylation sites is 1. The summed E-state index contributed by atoms with van der Waals surface area (Å²) < 4.78 is 24.4. The van der Waals surface area contributed by atoms with Gasteiger partial charge in [0.05, 0.1) is 31.0 Å². The van der Waals surface area contributed by atoms with E-state index in [1.807, 2.05) is 24.3 Å². The Morgan fingerprint density at radius 2 is 1.90 bits per heavy atom. The smallest absolute Gasteiger partial charge is 0.416 e. The first-order chi connectivity index (χ1) is 18.9. The monoisotopic (exact) mass is 630 g/mol. The number of halogens is 1. The average molecular weight is 632 g/mol. The third kappa shape index (κ3) is 5.66. The highest BCUT2D eigenvalue weighted by atomic mass is 79.9. The third-order valence-corrected chi connectivity index (χ3v) is 12.9. The van der Waals surface area contributed by atoms with Crippen LogP contribution in [-0.4, -0.2) is 58.2 Å². The van der Waals surface area contributed by atoms with Crippen molar-refractivity contribution >= 4 is 47.6 Å². The molecule has 10 heteroatoms. The zero-order valence-electron chi connectivity index (χ0n) is 24.2. The van der Waals surface area contributed by atoms with Crippen molar-refractivity contribution in [3.05, 3.63) is 60.2 Å². The van der Waals surface area contributed by atoms with Crippen molar-refractivity contribution in [2.24, 2.45) is 0 Å². The summed E-state index contributed by atoms with van der Waals surface area (Å²) in [5, 5.41) is 0.625. The number of alkyl halides is 1. The molecule has 216 valence electrons. The quantitative estimate of drug-likeness (QED) is 0.129. The molecule has 0 radical (unpaired) electrons. The molecule has 0 fully saturated rings. The first kappa shape index (κ1) is 30.1. The van der Waals surface area contributed by atoms with Crippen molar-refractivity contribution in [1.82, 2.24) is 0 Å². The fourth-order valence-corrected chi connectivity index (χ4v) is 6.23. The van der Waals surface area contributed by atoms with E-state index in [9.17, 15) is 9.59 Å². The molecule has 8 nitrogen and oxygen atoms in total. The van der Waals surface area contributed by atoms with Gasteiger partial charge in [0, 0.05) is 17.1 Å². The SMILES string of the molecule is C=CCOC(=O)N1c2cc(OCCCBr)c(OC)cc2C(=O)N2c3ccccc3C[C@H]2C1O[Si](C)(C)C(C)(C)C. The van der Waals surface area contributed by atoms with Crippen molar-refractivity contribution in [3.63, 3.8) is 0 Å².